The van der Waals surface area contributed by atoms with Gasteiger partial charge in [-0.25, -0.2) is 0 Å². The van der Waals surface area contributed by atoms with Crippen LogP contribution in [-0.4, -0.2) is 42.5 Å². The first-order valence-electron chi connectivity index (χ1n) is 9.47. The molecule has 1 N–H and O–H groups in total. The fraction of sp³-hybridized carbons (Fsp3) is 0.600. The zero-order valence-electron chi connectivity index (χ0n) is 15.0. The van der Waals surface area contributed by atoms with Crippen LogP contribution in [0.25, 0.3) is 0 Å². The maximum absolute atomic E-state index is 12.0. The monoisotopic (exact) mass is 344 g/mol. The van der Waals surface area contributed by atoms with E-state index < -0.39 is 0 Å². The number of likely N-dealkylation sites (tertiary alicyclic amines) is 1. The van der Waals surface area contributed by atoms with Crippen LogP contribution in [0.15, 0.2) is 24.3 Å². The third kappa shape index (κ3) is 5.21. The third-order valence-corrected chi connectivity index (χ3v) is 4.85. The van der Waals surface area contributed by atoms with Gasteiger partial charge in [-0.1, -0.05) is 6.92 Å². The molecule has 1 atom stereocenters. The van der Waals surface area contributed by atoms with Gasteiger partial charge in [-0.05, 0) is 56.4 Å². The molecule has 3 rings (SSSR count). The van der Waals surface area contributed by atoms with E-state index in [9.17, 15) is 9.59 Å². The zero-order valence-corrected chi connectivity index (χ0v) is 15.0. The maximum atomic E-state index is 12.0. The molecule has 0 bridgehead atoms. The Kier molecular flexibility index (Phi) is 5.95. The summed E-state index contributed by atoms with van der Waals surface area (Å²) >= 11 is 0. The number of ether oxygens (including phenoxy) is 1. The van der Waals surface area contributed by atoms with Crippen LogP contribution in [-0.2, 0) is 4.79 Å². The number of rotatable bonds is 7. The van der Waals surface area contributed by atoms with E-state index in [0.29, 0.717) is 30.6 Å². The highest BCUT2D eigenvalue weighted by Crippen LogP contribution is 2.21. The van der Waals surface area contributed by atoms with Crippen molar-refractivity contribution in [3.63, 3.8) is 0 Å². The predicted octanol–water partition coefficient (Wildman–Crippen LogP) is 3.00. The topological polar surface area (TPSA) is 58.6 Å². The molecule has 25 heavy (non-hydrogen) atoms. The first kappa shape index (κ1) is 17.8. The average Bonchev–Trinajstić information content (AvgIpc) is 3.45. The Balaban J connectivity index is 1.46. The van der Waals surface area contributed by atoms with E-state index in [2.05, 4.69) is 5.32 Å². The van der Waals surface area contributed by atoms with Crippen molar-refractivity contribution in [3.8, 4) is 5.75 Å². The van der Waals surface area contributed by atoms with Crippen molar-refractivity contribution in [2.45, 2.75) is 51.5 Å². The van der Waals surface area contributed by atoms with E-state index in [1.807, 2.05) is 36.1 Å². The smallest absolute Gasteiger partial charge is 0.251 e. The van der Waals surface area contributed by atoms with Gasteiger partial charge in [0.2, 0.25) is 5.91 Å². The molecule has 1 heterocycles. The van der Waals surface area contributed by atoms with Gasteiger partial charge in [-0.15, -0.1) is 0 Å². The quantitative estimate of drug-likeness (QED) is 0.827. The SMILES string of the molecule is CCCC(=O)N1CCC[C@H](COc2ccc(C(=O)NC3CC3)cc2)C1. The fourth-order valence-electron chi connectivity index (χ4n) is 3.21. The summed E-state index contributed by atoms with van der Waals surface area (Å²) in [7, 11) is 0. The molecule has 2 fully saturated rings. The van der Waals surface area contributed by atoms with E-state index in [4.69, 9.17) is 4.74 Å². The summed E-state index contributed by atoms with van der Waals surface area (Å²) in [6, 6.07) is 7.69. The standard InChI is InChI=1S/C20H28N2O3/c1-2-4-19(23)22-12-3-5-15(13-22)14-25-18-10-6-16(7-11-18)20(24)21-17-8-9-17/h6-7,10-11,15,17H,2-5,8-9,12-14H2,1H3,(H,21,24)/t15-/m0/s1. The molecule has 0 radical (unpaired) electrons. The highest BCUT2D eigenvalue weighted by atomic mass is 16.5. The van der Waals surface area contributed by atoms with Crippen molar-refractivity contribution < 1.29 is 14.3 Å². The van der Waals surface area contributed by atoms with E-state index in [-0.39, 0.29) is 11.8 Å². The summed E-state index contributed by atoms with van der Waals surface area (Å²) in [5.74, 6) is 1.41. The largest absolute Gasteiger partial charge is 0.493 e. The van der Waals surface area contributed by atoms with Crippen molar-refractivity contribution in [3.05, 3.63) is 29.8 Å². The molecule has 1 aliphatic carbocycles. The molecular formula is C20H28N2O3. The number of nitrogens with zero attached hydrogens (tertiary/aromatic N) is 1. The number of piperidine rings is 1. The maximum Gasteiger partial charge on any atom is 0.251 e. The van der Waals surface area contributed by atoms with Gasteiger partial charge in [0.1, 0.15) is 5.75 Å². The van der Waals surface area contributed by atoms with Crippen molar-refractivity contribution in [2.75, 3.05) is 19.7 Å². The minimum atomic E-state index is -0.00795. The highest BCUT2D eigenvalue weighted by Gasteiger charge is 2.24. The van der Waals surface area contributed by atoms with Crippen molar-refractivity contribution in [1.82, 2.24) is 10.2 Å². The van der Waals surface area contributed by atoms with Crippen LogP contribution in [0.4, 0.5) is 0 Å². The molecule has 5 nitrogen and oxygen atoms in total. The van der Waals surface area contributed by atoms with Gasteiger partial charge in [0.25, 0.3) is 5.91 Å². The Bertz CT molecular complexity index is 595. The zero-order chi connectivity index (χ0) is 17.6. The van der Waals surface area contributed by atoms with Gasteiger partial charge in [0.05, 0.1) is 6.61 Å². The summed E-state index contributed by atoms with van der Waals surface area (Å²) in [4.78, 5) is 26.0. The molecular weight excluding hydrogens is 316 g/mol. The number of benzene rings is 1. The number of nitrogens with one attached hydrogen (secondary N) is 1. The summed E-state index contributed by atoms with van der Waals surface area (Å²) in [5.41, 5.74) is 0.674. The number of amides is 2. The lowest BCUT2D eigenvalue weighted by Gasteiger charge is -2.32. The molecule has 0 spiro atoms. The first-order chi connectivity index (χ1) is 12.2. The lowest BCUT2D eigenvalue weighted by molar-refractivity contribution is -0.133. The van der Waals surface area contributed by atoms with Crippen molar-refractivity contribution >= 4 is 11.8 Å². The van der Waals surface area contributed by atoms with Gasteiger partial charge in [-0.3, -0.25) is 9.59 Å². The average molecular weight is 344 g/mol. The Morgan fingerprint density at radius 1 is 1.20 bits per heavy atom. The van der Waals surface area contributed by atoms with Crippen molar-refractivity contribution in [2.24, 2.45) is 5.92 Å². The second-order valence-electron chi connectivity index (χ2n) is 7.18. The third-order valence-electron chi connectivity index (χ3n) is 4.85. The van der Waals surface area contributed by atoms with E-state index in [1.165, 1.54) is 0 Å². The molecule has 2 aliphatic rings. The van der Waals surface area contributed by atoms with E-state index in [0.717, 1.165) is 50.9 Å². The summed E-state index contributed by atoms with van der Waals surface area (Å²) in [5, 5.41) is 2.98. The number of hydrogen-bond acceptors (Lipinski definition) is 3. The van der Waals surface area contributed by atoms with Gasteiger partial charge in [-0.2, -0.15) is 0 Å². The van der Waals surface area contributed by atoms with E-state index >= 15 is 0 Å². The Labute approximate surface area is 149 Å². The van der Waals surface area contributed by atoms with Crippen molar-refractivity contribution in [1.29, 1.82) is 0 Å². The van der Waals surface area contributed by atoms with Crippen LogP contribution in [0.5, 0.6) is 5.75 Å². The van der Waals surface area contributed by atoms with Crippen LogP contribution < -0.4 is 10.1 Å². The molecule has 0 aromatic heterocycles. The Morgan fingerprint density at radius 2 is 1.96 bits per heavy atom. The minimum Gasteiger partial charge on any atom is -0.493 e. The number of carbonyl (C=O) groups is 2. The Morgan fingerprint density at radius 3 is 2.64 bits per heavy atom. The fourth-order valence-corrected chi connectivity index (χ4v) is 3.21. The molecule has 1 aromatic rings. The molecule has 0 unspecified atom stereocenters. The van der Waals surface area contributed by atoms with Crippen LogP contribution in [0, 0.1) is 5.92 Å². The number of hydrogen-bond donors (Lipinski definition) is 1. The van der Waals surface area contributed by atoms with Gasteiger partial charge < -0.3 is 15.0 Å². The van der Waals surface area contributed by atoms with Crippen LogP contribution in [0.3, 0.4) is 0 Å². The normalized spacial score (nSPS) is 20.2. The van der Waals surface area contributed by atoms with Crippen LogP contribution in [0.1, 0.15) is 55.8 Å². The molecule has 2 amide bonds. The molecule has 5 heteroatoms. The lowest BCUT2D eigenvalue weighted by Crippen LogP contribution is -2.41. The minimum absolute atomic E-state index is 0.00795. The van der Waals surface area contributed by atoms with Crippen LogP contribution >= 0.6 is 0 Å². The highest BCUT2D eigenvalue weighted by molar-refractivity contribution is 5.94. The molecule has 1 aliphatic heterocycles. The van der Waals surface area contributed by atoms with Gasteiger partial charge in [0.15, 0.2) is 0 Å². The molecule has 1 saturated carbocycles. The molecule has 1 saturated heterocycles. The molecule has 1 aromatic carbocycles. The lowest BCUT2D eigenvalue weighted by atomic mass is 9.98. The second kappa shape index (κ2) is 8.37. The number of carbonyl (C=O) groups excluding carboxylic acids is 2. The van der Waals surface area contributed by atoms with Gasteiger partial charge in [0, 0.05) is 37.0 Å². The van der Waals surface area contributed by atoms with Gasteiger partial charge >= 0.3 is 0 Å². The first-order valence-corrected chi connectivity index (χ1v) is 9.47. The second-order valence-corrected chi connectivity index (χ2v) is 7.18. The predicted molar refractivity (Wildman–Crippen MR) is 96.6 cm³/mol. The summed E-state index contributed by atoms with van der Waals surface area (Å²) in [6.07, 6.45) is 5.86. The van der Waals surface area contributed by atoms with E-state index in [1.54, 1.807) is 0 Å². The Hall–Kier alpha value is -2.04. The summed E-state index contributed by atoms with van der Waals surface area (Å²) in [6.45, 7) is 4.32. The summed E-state index contributed by atoms with van der Waals surface area (Å²) < 4.78 is 5.89. The van der Waals surface area contributed by atoms with Crippen LogP contribution in [0.2, 0.25) is 0 Å². The molecule has 136 valence electrons.